The number of aryl methyl sites for hydroxylation is 1. The summed E-state index contributed by atoms with van der Waals surface area (Å²) >= 11 is 1.65. The van der Waals surface area contributed by atoms with Crippen molar-refractivity contribution in [3.05, 3.63) is 34.7 Å². The molecular weight excluding hydrogens is 474 g/mol. The zero-order valence-corrected chi connectivity index (χ0v) is 22.1. The van der Waals surface area contributed by atoms with Crippen molar-refractivity contribution in [2.24, 2.45) is 16.8 Å². The number of nitrogens with one attached hydrogen (secondary N) is 1. The van der Waals surface area contributed by atoms with Gasteiger partial charge in [0.25, 0.3) is 11.8 Å². The van der Waals surface area contributed by atoms with E-state index in [1.54, 1.807) is 19.0 Å². The van der Waals surface area contributed by atoms with E-state index >= 15 is 0 Å². The van der Waals surface area contributed by atoms with E-state index in [0.29, 0.717) is 11.6 Å². The molecule has 1 aliphatic carbocycles. The van der Waals surface area contributed by atoms with E-state index in [2.05, 4.69) is 28.0 Å². The largest absolute Gasteiger partial charge is 0.331 e. The molecule has 1 N–H and O–H groups in total. The average molecular weight is 510 g/mol. The van der Waals surface area contributed by atoms with Gasteiger partial charge in [-0.05, 0) is 73.3 Å². The number of aliphatic imine (C=N–C) groups is 1. The Kier molecular flexibility index (Phi) is 6.96. The Morgan fingerprint density at radius 1 is 1.11 bits per heavy atom. The van der Waals surface area contributed by atoms with Crippen molar-refractivity contribution < 1.29 is 14.4 Å². The van der Waals surface area contributed by atoms with E-state index in [1.165, 1.54) is 22.6 Å². The summed E-state index contributed by atoms with van der Waals surface area (Å²) in [7, 11) is 1.63. The molecule has 2 saturated heterocycles. The van der Waals surface area contributed by atoms with Gasteiger partial charge in [0, 0.05) is 26.1 Å². The number of hydrogen-bond acceptors (Lipinski definition) is 6. The molecule has 0 radical (unpaired) electrons. The zero-order valence-electron chi connectivity index (χ0n) is 21.3. The summed E-state index contributed by atoms with van der Waals surface area (Å²) in [6, 6.07) is 5.35. The lowest BCUT2D eigenvalue weighted by atomic mass is 9.82. The van der Waals surface area contributed by atoms with Crippen LogP contribution in [0.3, 0.4) is 0 Å². The van der Waals surface area contributed by atoms with Gasteiger partial charge in [0.15, 0.2) is 0 Å². The Balaban J connectivity index is 1.16. The minimum Gasteiger partial charge on any atom is -0.318 e. The number of rotatable bonds is 5. The first-order chi connectivity index (χ1) is 17.3. The summed E-state index contributed by atoms with van der Waals surface area (Å²) < 4.78 is 2.28. The molecule has 192 valence electrons. The summed E-state index contributed by atoms with van der Waals surface area (Å²) in [4.78, 5) is 45.0. The zero-order chi connectivity index (χ0) is 25.4. The number of piperidine rings is 1. The molecule has 3 heterocycles. The number of nitrogens with zero attached hydrogens (tertiary/aromatic N) is 4. The molecule has 4 aliphatic rings. The van der Waals surface area contributed by atoms with Gasteiger partial charge in [0.2, 0.25) is 0 Å². The van der Waals surface area contributed by atoms with Gasteiger partial charge in [0.1, 0.15) is 17.9 Å². The van der Waals surface area contributed by atoms with Crippen LogP contribution in [0.25, 0.3) is 6.08 Å². The number of anilines is 1. The molecular formula is C27H35N5O3S. The Labute approximate surface area is 217 Å². The molecule has 0 unspecified atom stereocenters. The maximum Gasteiger partial charge on any atom is 0.331 e. The van der Waals surface area contributed by atoms with Gasteiger partial charge >= 0.3 is 6.03 Å². The maximum absolute atomic E-state index is 12.9. The second-order valence-corrected chi connectivity index (χ2v) is 11.7. The molecule has 5 rings (SSSR count). The minimum atomic E-state index is -0.579. The SMILES string of the molecule is Cc1cc(N2C(=O)CN(C)C2=O)ccc1/C=C/SN1CCC2(CC1)N=C(C1CCC(C)CC1)NC2=O. The molecule has 0 aromatic heterocycles. The van der Waals surface area contributed by atoms with Gasteiger partial charge in [-0.15, -0.1) is 0 Å². The fraction of sp³-hybridized carbons (Fsp3) is 0.556. The van der Waals surface area contributed by atoms with Gasteiger partial charge in [-0.1, -0.05) is 37.8 Å². The summed E-state index contributed by atoms with van der Waals surface area (Å²) in [5.41, 5.74) is 2.07. The van der Waals surface area contributed by atoms with Crippen LogP contribution in [-0.4, -0.2) is 65.1 Å². The average Bonchev–Trinajstić information content (AvgIpc) is 3.31. The van der Waals surface area contributed by atoms with Crippen LogP contribution in [-0.2, 0) is 9.59 Å². The van der Waals surface area contributed by atoms with Crippen molar-refractivity contribution in [3.8, 4) is 0 Å². The van der Waals surface area contributed by atoms with Crippen molar-refractivity contribution in [1.29, 1.82) is 0 Å². The molecule has 36 heavy (non-hydrogen) atoms. The lowest BCUT2D eigenvalue weighted by Crippen LogP contribution is -2.47. The Morgan fingerprint density at radius 3 is 2.47 bits per heavy atom. The number of urea groups is 1. The lowest BCUT2D eigenvalue weighted by molar-refractivity contribution is -0.125. The number of amidine groups is 1. The third-order valence-electron chi connectivity index (χ3n) is 8.06. The summed E-state index contributed by atoms with van der Waals surface area (Å²) in [6.45, 7) is 6.02. The van der Waals surface area contributed by atoms with Crippen LogP contribution in [0.5, 0.6) is 0 Å². The van der Waals surface area contributed by atoms with E-state index in [1.807, 2.05) is 25.1 Å². The molecule has 4 amide bonds. The molecule has 3 aliphatic heterocycles. The first-order valence-electron chi connectivity index (χ1n) is 12.9. The fourth-order valence-electron chi connectivity index (χ4n) is 5.62. The van der Waals surface area contributed by atoms with E-state index in [0.717, 1.165) is 61.7 Å². The third kappa shape index (κ3) is 4.83. The third-order valence-corrected chi connectivity index (χ3v) is 8.98. The van der Waals surface area contributed by atoms with Gasteiger partial charge in [-0.3, -0.25) is 14.6 Å². The van der Waals surface area contributed by atoms with E-state index in [4.69, 9.17) is 4.99 Å². The number of benzene rings is 1. The van der Waals surface area contributed by atoms with E-state index in [9.17, 15) is 14.4 Å². The van der Waals surface area contributed by atoms with Crippen LogP contribution in [0.2, 0.25) is 0 Å². The van der Waals surface area contributed by atoms with Gasteiger partial charge < -0.3 is 10.2 Å². The van der Waals surface area contributed by atoms with Crippen molar-refractivity contribution >= 4 is 47.4 Å². The summed E-state index contributed by atoms with van der Waals surface area (Å²) in [6.07, 6.45) is 8.24. The standard InChI is InChI=1S/C27H35N5O3S/c1-18-4-6-21(7-5-18)24-28-25(34)27(29-24)11-13-31(14-12-27)36-15-10-20-8-9-22(16-19(20)2)32-23(33)17-30(3)26(32)35/h8-10,15-16,18,21H,4-7,11-14,17H2,1-3H3,(H,28,29,34)/b15-10+. The number of hydrogen-bond donors (Lipinski definition) is 1. The molecule has 1 aromatic carbocycles. The van der Waals surface area contributed by atoms with Crippen LogP contribution in [0.4, 0.5) is 10.5 Å². The first kappa shape index (κ1) is 25.0. The normalized spacial score (nSPS) is 26.9. The predicted molar refractivity (Wildman–Crippen MR) is 144 cm³/mol. The highest BCUT2D eigenvalue weighted by molar-refractivity contribution is 8.00. The molecule has 0 atom stereocenters. The fourth-order valence-corrected chi connectivity index (χ4v) is 6.39. The smallest absolute Gasteiger partial charge is 0.318 e. The molecule has 0 bridgehead atoms. The number of carbonyl (C=O) groups is 3. The van der Waals surface area contributed by atoms with Crippen molar-refractivity contribution in [3.63, 3.8) is 0 Å². The highest BCUT2D eigenvalue weighted by Gasteiger charge is 2.47. The number of imide groups is 1. The Morgan fingerprint density at radius 2 is 1.83 bits per heavy atom. The van der Waals surface area contributed by atoms with E-state index in [-0.39, 0.29) is 24.4 Å². The molecule has 3 fully saturated rings. The summed E-state index contributed by atoms with van der Waals surface area (Å²) in [5.74, 6) is 2.02. The van der Waals surface area contributed by atoms with E-state index < -0.39 is 5.54 Å². The minimum absolute atomic E-state index is 0.0909. The quantitative estimate of drug-likeness (QED) is 0.475. The van der Waals surface area contributed by atoms with Crippen LogP contribution in [0, 0.1) is 18.8 Å². The van der Waals surface area contributed by atoms with Gasteiger partial charge in [0.05, 0.1) is 5.69 Å². The van der Waals surface area contributed by atoms with Crippen LogP contribution < -0.4 is 10.2 Å². The van der Waals surface area contributed by atoms with Gasteiger partial charge in [-0.25, -0.2) is 14.0 Å². The Bertz CT molecular complexity index is 1120. The predicted octanol–water partition coefficient (Wildman–Crippen LogP) is 4.20. The second-order valence-electron chi connectivity index (χ2n) is 10.7. The van der Waals surface area contributed by atoms with Crippen LogP contribution in [0.15, 0.2) is 28.6 Å². The Hall–Kier alpha value is -2.65. The molecule has 9 heteroatoms. The molecule has 1 aromatic rings. The topological polar surface area (TPSA) is 85.3 Å². The van der Waals surface area contributed by atoms with Gasteiger partial charge in [-0.2, -0.15) is 0 Å². The molecule has 8 nitrogen and oxygen atoms in total. The van der Waals surface area contributed by atoms with Crippen LogP contribution in [0.1, 0.15) is 56.6 Å². The number of carbonyl (C=O) groups excluding carboxylic acids is 3. The van der Waals surface area contributed by atoms with Crippen molar-refractivity contribution in [2.75, 3.05) is 31.6 Å². The molecule has 1 spiro atoms. The first-order valence-corrected chi connectivity index (χ1v) is 13.8. The maximum atomic E-state index is 12.9. The second kappa shape index (κ2) is 10.0. The highest BCUT2D eigenvalue weighted by Crippen LogP contribution is 2.36. The van der Waals surface area contributed by atoms with Crippen LogP contribution >= 0.6 is 11.9 Å². The highest BCUT2D eigenvalue weighted by atomic mass is 32.2. The lowest BCUT2D eigenvalue weighted by Gasteiger charge is -2.34. The monoisotopic (exact) mass is 509 g/mol. The summed E-state index contributed by atoms with van der Waals surface area (Å²) in [5, 5.41) is 5.20. The van der Waals surface area contributed by atoms with Crippen molar-refractivity contribution in [1.82, 2.24) is 14.5 Å². The van der Waals surface area contributed by atoms with Crippen molar-refractivity contribution in [2.45, 2.75) is 57.9 Å². The number of likely N-dealkylation sites (N-methyl/N-ethyl adjacent to an activating group) is 1. The number of amides is 4. The molecule has 1 saturated carbocycles.